The topological polar surface area (TPSA) is 30.3 Å². The lowest BCUT2D eigenvalue weighted by molar-refractivity contribution is -0.937. The fourth-order valence-corrected chi connectivity index (χ4v) is 3.31. The van der Waals surface area contributed by atoms with E-state index in [0.717, 1.165) is 12.3 Å². The number of hydrogen-bond donors (Lipinski definition) is 2. The molecule has 0 bridgehead atoms. The smallest absolute Gasteiger partial charge is 0.163 e. The van der Waals surface area contributed by atoms with E-state index in [1.54, 1.807) is 12.0 Å². The molecule has 3 N–H and O–H groups in total. The van der Waals surface area contributed by atoms with Crippen molar-refractivity contribution in [3.05, 3.63) is 29.3 Å². The summed E-state index contributed by atoms with van der Waals surface area (Å²) in [7, 11) is 1.76. The minimum Gasteiger partial charge on any atom is -0.497 e. The molecule has 92 valence electrons. The normalized spacial score (nSPS) is 24.6. The van der Waals surface area contributed by atoms with Crippen LogP contribution in [0.2, 0.25) is 0 Å². The zero-order chi connectivity index (χ0) is 11.7. The van der Waals surface area contributed by atoms with Crippen molar-refractivity contribution in [2.24, 2.45) is 0 Å². The Morgan fingerprint density at radius 1 is 1.29 bits per heavy atom. The monoisotopic (exact) mass is 234 g/mol. The first kappa shape index (κ1) is 11.1. The lowest BCUT2D eigenvalue weighted by atomic mass is 9.95. The van der Waals surface area contributed by atoms with Gasteiger partial charge in [-0.05, 0) is 18.2 Å². The van der Waals surface area contributed by atoms with Crippen LogP contribution in [-0.2, 0) is 6.54 Å². The number of hydrogen-bond acceptors (Lipinski definition) is 1. The zero-order valence-corrected chi connectivity index (χ0v) is 10.5. The SMILES string of the molecule is COc1ccc2c(c1)[C@H]([NH+]1CCCC1)C[NH2+]C2. The van der Waals surface area contributed by atoms with Crippen molar-refractivity contribution >= 4 is 0 Å². The molecule has 0 aliphatic carbocycles. The number of fused-ring (bicyclic) bond motifs is 1. The molecule has 3 rings (SSSR count). The number of nitrogens with one attached hydrogen (secondary N) is 1. The van der Waals surface area contributed by atoms with Gasteiger partial charge in [0.2, 0.25) is 0 Å². The third-order valence-corrected chi connectivity index (χ3v) is 4.23. The molecule has 2 aliphatic heterocycles. The van der Waals surface area contributed by atoms with Gasteiger partial charge < -0.3 is 15.0 Å². The second kappa shape index (κ2) is 4.67. The maximum atomic E-state index is 5.37. The quantitative estimate of drug-likeness (QED) is 0.709. The van der Waals surface area contributed by atoms with E-state index in [4.69, 9.17) is 4.74 Å². The fraction of sp³-hybridized carbons (Fsp3) is 0.571. The maximum Gasteiger partial charge on any atom is 0.163 e. The second-order valence-electron chi connectivity index (χ2n) is 5.21. The number of nitrogens with two attached hydrogens (primary N) is 1. The Morgan fingerprint density at radius 2 is 2.12 bits per heavy atom. The molecule has 0 amide bonds. The van der Waals surface area contributed by atoms with E-state index in [9.17, 15) is 0 Å². The predicted octanol–water partition coefficient (Wildman–Crippen LogP) is -0.508. The summed E-state index contributed by atoms with van der Waals surface area (Å²) in [4.78, 5) is 1.77. The maximum absolute atomic E-state index is 5.37. The highest BCUT2D eigenvalue weighted by Crippen LogP contribution is 2.23. The van der Waals surface area contributed by atoms with Crippen LogP contribution < -0.4 is 15.0 Å². The van der Waals surface area contributed by atoms with Crippen molar-refractivity contribution < 1.29 is 15.0 Å². The minimum absolute atomic E-state index is 0.677. The van der Waals surface area contributed by atoms with Gasteiger partial charge in [0.25, 0.3) is 0 Å². The number of likely N-dealkylation sites (tertiary alicyclic amines) is 1. The van der Waals surface area contributed by atoms with Gasteiger partial charge in [0, 0.05) is 24.0 Å². The van der Waals surface area contributed by atoms with Crippen LogP contribution in [0.5, 0.6) is 5.75 Å². The van der Waals surface area contributed by atoms with Gasteiger partial charge in [0.15, 0.2) is 6.04 Å². The fourth-order valence-electron chi connectivity index (χ4n) is 3.31. The van der Waals surface area contributed by atoms with Crippen LogP contribution in [0, 0.1) is 0 Å². The first-order valence-corrected chi connectivity index (χ1v) is 6.71. The Bertz CT molecular complexity index is 399. The third-order valence-electron chi connectivity index (χ3n) is 4.23. The van der Waals surface area contributed by atoms with Gasteiger partial charge in [0.1, 0.15) is 18.8 Å². The van der Waals surface area contributed by atoms with Crippen LogP contribution in [0.4, 0.5) is 0 Å². The van der Waals surface area contributed by atoms with Crippen molar-refractivity contribution in [1.82, 2.24) is 0 Å². The van der Waals surface area contributed by atoms with Crippen LogP contribution in [0.3, 0.4) is 0 Å². The van der Waals surface area contributed by atoms with Crippen LogP contribution in [-0.4, -0.2) is 26.7 Å². The molecule has 0 unspecified atom stereocenters. The van der Waals surface area contributed by atoms with E-state index in [-0.39, 0.29) is 0 Å². The molecule has 1 aromatic rings. The molecule has 3 heteroatoms. The summed E-state index contributed by atoms with van der Waals surface area (Å²) in [6, 6.07) is 7.27. The molecule has 0 radical (unpaired) electrons. The molecule has 1 aromatic carbocycles. The Kier molecular flexibility index (Phi) is 3.04. The van der Waals surface area contributed by atoms with Gasteiger partial charge in [-0.2, -0.15) is 0 Å². The van der Waals surface area contributed by atoms with Crippen molar-refractivity contribution in [1.29, 1.82) is 0 Å². The van der Waals surface area contributed by atoms with E-state index in [2.05, 4.69) is 23.5 Å². The molecule has 2 aliphatic rings. The molecule has 1 atom stereocenters. The number of quaternary nitrogens is 2. The number of benzene rings is 1. The molecule has 1 fully saturated rings. The van der Waals surface area contributed by atoms with Gasteiger partial charge in [-0.15, -0.1) is 0 Å². The molecule has 2 heterocycles. The molecule has 0 saturated carbocycles. The summed E-state index contributed by atoms with van der Waals surface area (Å²) < 4.78 is 5.37. The average Bonchev–Trinajstić information content (AvgIpc) is 2.91. The van der Waals surface area contributed by atoms with Gasteiger partial charge in [-0.3, -0.25) is 0 Å². The lowest BCUT2D eigenvalue weighted by Gasteiger charge is -2.28. The number of methoxy groups -OCH3 is 1. The van der Waals surface area contributed by atoms with Crippen LogP contribution in [0.15, 0.2) is 18.2 Å². The number of ether oxygens (including phenoxy) is 1. The predicted molar refractivity (Wildman–Crippen MR) is 66.2 cm³/mol. The van der Waals surface area contributed by atoms with Crippen LogP contribution in [0.1, 0.15) is 30.0 Å². The Balaban J connectivity index is 1.93. The molecule has 1 saturated heterocycles. The zero-order valence-electron chi connectivity index (χ0n) is 10.5. The Hall–Kier alpha value is -1.06. The van der Waals surface area contributed by atoms with E-state index in [1.165, 1.54) is 43.6 Å². The third kappa shape index (κ3) is 2.05. The summed E-state index contributed by atoms with van der Waals surface area (Å²) >= 11 is 0. The first-order chi connectivity index (χ1) is 8.38. The van der Waals surface area contributed by atoms with Crippen molar-refractivity contribution in [3.63, 3.8) is 0 Å². The lowest BCUT2D eigenvalue weighted by Crippen LogP contribution is -3.13. The van der Waals surface area contributed by atoms with Gasteiger partial charge in [0.05, 0.1) is 20.2 Å². The summed E-state index contributed by atoms with van der Waals surface area (Å²) in [5, 5.41) is 2.45. The molecule has 0 spiro atoms. The molecule has 0 aromatic heterocycles. The average molecular weight is 234 g/mol. The molecule has 17 heavy (non-hydrogen) atoms. The largest absolute Gasteiger partial charge is 0.497 e. The van der Waals surface area contributed by atoms with Crippen molar-refractivity contribution in [2.75, 3.05) is 26.7 Å². The Labute approximate surface area is 103 Å². The van der Waals surface area contributed by atoms with E-state index in [0.29, 0.717) is 6.04 Å². The first-order valence-electron chi connectivity index (χ1n) is 6.71. The summed E-state index contributed by atoms with van der Waals surface area (Å²) in [6.07, 6.45) is 2.79. The highest BCUT2D eigenvalue weighted by atomic mass is 16.5. The van der Waals surface area contributed by atoms with E-state index < -0.39 is 0 Å². The summed E-state index contributed by atoms with van der Waals surface area (Å²) in [5.41, 5.74) is 3.03. The van der Waals surface area contributed by atoms with Crippen LogP contribution in [0.25, 0.3) is 0 Å². The van der Waals surface area contributed by atoms with E-state index in [1.807, 2.05) is 0 Å². The summed E-state index contributed by atoms with van der Waals surface area (Å²) in [5.74, 6) is 1.01. The standard InChI is InChI=1S/C14H20N2O/c1-17-12-5-4-11-9-15-10-14(13(11)8-12)16-6-2-3-7-16/h4-5,8,14-15H,2-3,6-7,9-10H2,1H3/p+2/t14-/m1/s1. The highest BCUT2D eigenvalue weighted by molar-refractivity contribution is 5.37. The van der Waals surface area contributed by atoms with Gasteiger partial charge in [-0.25, -0.2) is 0 Å². The van der Waals surface area contributed by atoms with Crippen molar-refractivity contribution in [3.8, 4) is 5.75 Å². The molecular formula is C14H22N2O+2. The van der Waals surface area contributed by atoms with E-state index >= 15 is 0 Å². The van der Waals surface area contributed by atoms with Gasteiger partial charge >= 0.3 is 0 Å². The van der Waals surface area contributed by atoms with Gasteiger partial charge in [-0.1, -0.05) is 0 Å². The molecular weight excluding hydrogens is 212 g/mol. The van der Waals surface area contributed by atoms with Crippen molar-refractivity contribution in [2.45, 2.75) is 25.4 Å². The Morgan fingerprint density at radius 3 is 2.88 bits per heavy atom. The second-order valence-corrected chi connectivity index (χ2v) is 5.21. The minimum atomic E-state index is 0.677. The number of rotatable bonds is 2. The summed E-state index contributed by atoms with van der Waals surface area (Å²) in [6.45, 7) is 5.04. The van der Waals surface area contributed by atoms with Crippen LogP contribution >= 0.6 is 0 Å². The highest BCUT2D eigenvalue weighted by Gasteiger charge is 2.33. The molecule has 3 nitrogen and oxygen atoms in total.